The van der Waals surface area contributed by atoms with E-state index in [1.54, 1.807) is 20.8 Å². The average Bonchev–Trinajstić information content (AvgIpc) is 2.33. The number of hydrogen-bond donors (Lipinski definition) is 0. The Morgan fingerprint density at radius 1 is 1.43 bits per heavy atom. The Bertz CT molecular complexity index is 665. The first-order chi connectivity index (χ1) is 9.51. The molecule has 1 rings (SSSR count). The molecular weight excluding hydrogens is 360 g/mol. The fraction of sp³-hybridized carbons (Fsp3) is 0.385. The molecule has 0 aromatic heterocycles. The van der Waals surface area contributed by atoms with E-state index in [0.717, 1.165) is 0 Å². The maximum atomic E-state index is 12.8. The lowest BCUT2D eigenvalue weighted by Gasteiger charge is -2.33. The zero-order valence-electron chi connectivity index (χ0n) is 12.0. The number of halogens is 1. The second-order valence-electron chi connectivity index (χ2n) is 5.36. The van der Waals surface area contributed by atoms with Crippen LogP contribution in [0, 0.1) is 10.1 Å². The summed E-state index contributed by atoms with van der Waals surface area (Å²) in [4.78, 5) is 10.1. The molecule has 116 valence electrons. The third-order valence-electron chi connectivity index (χ3n) is 2.73. The molecule has 6 nitrogen and oxygen atoms in total. The molecule has 0 aliphatic carbocycles. The molecule has 0 aliphatic rings. The van der Waals surface area contributed by atoms with Gasteiger partial charge in [-0.3, -0.25) is 10.1 Å². The molecule has 0 unspecified atom stereocenters. The van der Waals surface area contributed by atoms with Crippen LogP contribution in [0.4, 0.5) is 5.69 Å². The third kappa shape index (κ3) is 3.90. The van der Waals surface area contributed by atoms with Crippen molar-refractivity contribution in [3.8, 4) is 0 Å². The van der Waals surface area contributed by atoms with Crippen molar-refractivity contribution in [3.63, 3.8) is 0 Å². The van der Waals surface area contributed by atoms with Crippen molar-refractivity contribution >= 4 is 31.6 Å². The predicted octanol–water partition coefficient (Wildman–Crippen LogP) is 3.33. The highest BCUT2D eigenvalue weighted by Crippen LogP contribution is 2.32. The zero-order valence-corrected chi connectivity index (χ0v) is 14.4. The van der Waals surface area contributed by atoms with Crippen molar-refractivity contribution in [2.45, 2.75) is 31.2 Å². The second kappa shape index (κ2) is 6.25. The van der Waals surface area contributed by atoms with Crippen LogP contribution in [0.1, 0.15) is 20.8 Å². The van der Waals surface area contributed by atoms with Gasteiger partial charge in [0.25, 0.3) is 15.7 Å². The maximum Gasteiger partial charge on any atom is 0.289 e. The molecule has 0 atom stereocenters. The molecule has 0 N–H and O–H groups in total. The van der Waals surface area contributed by atoms with E-state index in [2.05, 4.69) is 22.5 Å². The fourth-order valence-electron chi connectivity index (χ4n) is 1.81. The van der Waals surface area contributed by atoms with Crippen LogP contribution < -0.4 is 0 Å². The largest absolute Gasteiger partial charge is 0.289 e. The van der Waals surface area contributed by atoms with Crippen molar-refractivity contribution in [1.29, 1.82) is 0 Å². The minimum absolute atomic E-state index is 0.0650. The van der Waals surface area contributed by atoms with Crippen LogP contribution in [-0.4, -0.2) is 29.7 Å². The van der Waals surface area contributed by atoms with Crippen LogP contribution in [0.2, 0.25) is 0 Å². The Labute approximate surface area is 132 Å². The van der Waals surface area contributed by atoms with Gasteiger partial charge in [-0.15, -0.1) is 6.58 Å². The number of nitrogens with zero attached hydrogens (tertiary/aromatic N) is 2. The van der Waals surface area contributed by atoms with Gasteiger partial charge >= 0.3 is 0 Å². The number of hydrogen-bond acceptors (Lipinski definition) is 4. The molecule has 0 saturated heterocycles. The molecule has 0 spiro atoms. The van der Waals surface area contributed by atoms with Crippen molar-refractivity contribution < 1.29 is 13.3 Å². The summed E-state index contributed by atoms with van der Waals surface area (Å²) >= 11 is 3.15. The smallest absolute Gasteiger partial charge is 0.258 e. The summed E-state index contributed by atoms with van der Waals surface area (Å²) in [6.07, 6.45) is 1.45. The van der Waals surface area contributed by atoms with Gasteiger partial charge in [0.2, 0.25) is 0 Å². The lowest BCUT2D eigenvalue weighted by Crippen LogP contribution is -2.45. The minimum Gasteiger partial charge on any atom is -0.258 e. The van der Waals surface area contributed by atoms with Crippen LogP contribution in [0.15, 0.2) is 40.2 Å². The predicted molar refractivity (Wildman–Crippen MR) is 84.6 cm³/mol. The topological polar surface area (TPSA) is 80.5 Å². The Hall–Kier alpha value is -1.25. The first-order valence-electron chi connectivity index (χ1n) is 6.09. The van der Waals surface area contributed by atoms with Crippen molar-refractivity contribution in [2.75, 3.05) is 6.54 Å². The van der Waals surface area contributed by atoms with E-state index in [1.165, 1.54) is 28.6 Å². The molecule has 0 amide bonds. The summed E-state index contributed by atoms with van der Waals surface area (Å²) in [6, 6.07) is 3.85. The van der Waals surface area contributed by atoms with E-state index < -0.39 is 26.2 Å². The summed E-state index contributed by atoms with van der Waals surface area (Å²) in [5, 5.41) is 11.1. The number of sulfonamides is 1. The maximum absolute atomic E-state index is 12.8. The summed E-state index contributed by atoms with van der Waals surface area (Å²) in [5.41, 5.74) is -1.18. The van der Waals surface area contributed by atoms with E-state index >= 15 is 0 Å². The van der Waals surface area contributed by atoms with E-state index in [-0.39, 0.29) is 11.4 Å². The molecule has 21 heavy (non-hydrogen) atoms. The van der Waals surface area contributed by atoms with Crippen LogP contribution >= 0.6 is 15.9 Å². The van der Waals surface area contributed by atoms with Gasteiger partial charge in [-0.25, -0.2) is 8.42 Å². The van der Waals surface area contributed by atoms with E-state index in [0.29, 0.717) is 4.47 Å². The lowest BCUT2D eigenvalue weighted by molar-refractivity contribution is -0.387. The summed E-state index contributed by atoms with van der Waals surface area (Å²) in [5.74, 6) is 0. The van der Waals surface area contributed by atoms with E-state index in [9.17, 15) is 18.5 Å². The van der Waals surface area contributed by atoms with Crippen molar-refractivity contribution in [1.82, 2.24) is 4.31 Å². The number of nitro groups is 1. The Morgan fingerprint density at radius 2 is 2.00 bits per heavy atom. The molecular formula is C13H17BrN2O4S. The Kier molecular flexibility index (Phi) is 5.30. The molecule has 0 fully saturated rings. The minimum atomic E-state index is -4.03. The number of nitro benzene ring substituents is 1. The van der Waals surface area contributed by atoms with Crippen LogP contribution in [0.25, 0.3) is 0 Å². The Morgan fingerprint density at radius 3 is 2.43 bits per heavy atom. The molecule has 1 aromatic carbocycles. The summed E-state index contributed by atoms with van der Waals surface area (Å²) < 4.78 is 27.2. The van der Waals surface area contributed by atoms with Crippen molar-refractivity contribution in [2.24, 2.45) is 0 Å². The van der Waals surface area contributed by atoms with Gasteiger partial charge in [0.15, 0.2) is 4.90 Å². The number of rotatable bonds is 5. The molecule has 1 aromatic rings. The highest BCUT2D eigenvalue weighted by molar-refractivity contribution is 9.10. The Balaban J connectivity index is 3.59. The monoisotopic (exact) mass is 376 g/mol. The fourth-order valence-corrected chi connectivity index (χ4v) is 4.27. The molecule has 0 heterocycles. The molecule has 0 aliphatic heterocycles. The van der Waals surface area contributed by atoms with Crippen LogP contribution in [0.5, 0.6) is 0 Å². The van der Waals surface area contributed by atoms with Gasteiger partial charge in [0.05, 0.1) is 4.92 Å². The molecule has 8 heteroatoms. The average molecular weight is 377 g/mol. The van der Waals surface area contributed by atoms with Gasteiger partial charge in [0.1, 0.15) is 0 Å². The van der Waals surface area contributed by atoms with Crippen LogP contribution in [0.3, 0.4) is 0 Å². The highest BCUT2D eigenvalue weighted by atomic mass is 79.9. The normalized spacial score (nSPS) is 12.4. The summed E-state index contributed by atoms with van der Waals surface area (Å²) in [7, 11) is -4.03. The SMILES string of the molecule is C=CCN(C(C)(C)C)S(=O)(=O)c1cc(Br)ccc1[N+](=O)[O-]. The van der Waals surface area contributed by atoms with Gasteiger partial charge in [-0.1, -0.05) is 22.0 Å². The van der Waals surface area contributed by atoms with Gasteiger partial charge in [-0.05, 0) is 32.9 Å². The van der Waals surface area contributed by atoms with Crippen molar-refractivity contribution in [3.05, 3.63) is 45.4 Å². The van der Waals surface area contributed by atoms with Gasteiger partial charge in [0, 0.05) is 22.6 Å². The van der Waals surface area contributed by atoms with E-state index in [4.69, 9.17) is 0 Å². The highest BCUT2D eigenvalue weighted by Gasteiger charge is 2.37. The first-order valence-corrected chi connectivity index (χ1v) is 8.33. The lowest BCUT2D eigenvalue weighted by atomic mass is 10.1. The second-order valence-corrected chi connectivity index (χ2v) is 8.11. The first kappa shape index (κ1) is 17.8. The van der Waals surface area contributed by atoms with E-state index in [1.807, 2.05) is 0 Å². The quantitative estimate of drug-likeness (QED) is 0.448. The summed E-state index contributed by atoms with van der Waals surface area (Å²) in [6.45, 7) is 8.77. The van der Waals surface area contributed by atoms with Gasteiger partial charge in [-0.2, -0.15) is 4.31 Å². The molecule has 0 bridgehead atoms. The molecule has 0 radical (unpaired) electrons. The van der Waals surface area contributed by atoms with Crippen LogP contribution in [-0.2, 0) is 10.0 Å². The number of benzene rings is 1. The third-order valence-corrected chi connectivity index (χ3v) is 5.38. The van der Waals surface area contributed by atoms with Gasteiger partial charge < -0.3 is 0 Å². The molecule has 0 saturated carbocycles. The standard InChI is InChI=1S/C13H17BrN2O4S/c1-5-8-15(13(2,3)4)21(19,20)12-9-10(14)6-7-11(12)16(17)18/h5-7,9H,1,8H2,2-4H3. The zero-order chi connectivity index (χ0) is 16.4.